The number of benzene rings is 2. The minimum Gasteiger partial charge on any atom is -0.385 e. The lowest BCUT2D eigenvalue weighted by molar-refractivity contribution is 0.0555. The van der Waals surface area contributed by atoms with Crippen LogP contribution in [0.4, 0.5) is 8.78 Å². The van der Waals surface area contributed by atoms with Crippen molar-refractivity contribution in [1.29, 1.82) is 0 Å². The molecule has 0 aliphatic heterocycles. The van der Waals surface area contributed by atoms with Gasteiger partial charge in [-0.05, 0) is 54.4 Å². The molecule has 0 spiro atoms. The molecule has 0 aliphatic rings. The van der Waals surface area contributed by atoms with Gasteiger partial charge in [-0.1, -0.05) is 29.3 Å². The van der Waals surface area contributed by atoms with Crippen molar-refractivity contribution in [1.82, 2.24) is 0 Å². The smallest absolute Gasteiger partial charge is 0.143 e. The summed E-state index contributed by atoms with van der Waals surface area (Å²) in [6, 6.07) is 8.17. The van der Waals surface area contributed by atoms with E-state index in [1.165, 1.54) is 12.1 Å². The maximum Gasteiger partial charge on any atom is 0.143 e. The van der Waals surface area contributed by atoms with Gasteiger partial charge in [0.2, 0.25) is 0 Å². The Hall–Kier alpha value is -1.26. The van der Waals surface area contributed by atoms with E-state index in [-0.39, 0.29) is 16.5 Å². The van der Waals surface area contributed by atoms with Gasteiger partial charge in [-0.25, -0.2) is 8.78 Å². The Morgan fingerprint density at radius 2 is 1.67 bits per heavy atom. The van der Waals surface area contributed by atoms with Crippen LogP contribution in [0.1, 0.15) is 29.2 Å². The maximum absolute atomic E-state index is 14.1. The van der Waals surface area contributed by atoms with Crippen LogP contribution in [0, 0.1) is 25.5 Å². The zero-order valence-corrected chi connectivity index (χ0v) is 13.8. The molecule has 1 N–H and O–H groups in total. The van der Waals surface area contributed by atoms with Gasteiger partial charge < -0.3 is 5.11 Å². The zero-order valence-electron chi connectivity index (χ0n) is 12.2. The number of aliphatic hydroxyl groups is 1. The number of rotatable bonds is 3. The Bertz CT molecular complexity index is 660. The summed E-state index contributed by atoms with van der Waals surface area (Å²) in [5.74, 6) is -1.32. The summed E-state index contributed by atoms with van der Waals surface area (Å²) in [4.78, 5) is 0. The van der Waals surface area contributed by atoms with Crippen molar-refractivity contribution in [2.45, 2.75) is 32.8 Å². The molecule has 2 aromatic carbocycles. The highest BCUT2D eigenvalue weighted by atomic mass is 79.9. The third kappa shape index (κ3) is 3.50. The van der Waals surface area contributed by atoms with Gasteiger partial charge in [-0.2, -0.15) is 0 Å². The van der Waals surface area contributed by atoms with Crippen LogP contribution in [-0.4, -0.2) is 5.11 Å². The SMILES string of the molecule is Cc1cc(C)cc(C(C)(O)Cc2c(F)ccc(Br)c2F)c1. The average molecular weight is 355 g/mol. The number of halogens is 3. The molecule has 1 atom stereocenters. The summed E-state index contributed by atoms with van der Waals surface area (Å²) in [6.07, 6.45) is -0.132. The monoisotopic (exact) mass is 354 g/mol. The molecule has 4 heteroatoms. The molecule has 0 aliphatic carbocycles. The fourth-order valence-electron chi connectivity index (χ4n) is 2.46. The largest absolute Gasteiger partial charge is 0.385 e. The van der Waals surface area contributed by atoms with Crippen LogP contribution >= 0.6 is 15.9 Å². The zero-order chi connectivity index (χ0) is 15.8. The van der Waals surface area contributed by atoms with E-state index in [0.717, 1.165) is 11.1 Å². The first-order valence-electron chi connectivity index (χ1n) is 6.64. The molecular weight excluding hydrogens is 338 g/mol. The molecule has 0 fully saturated rings. The van der Waals surface area contributed by atoms with Crippen molar-refractivity contribution in [2.75, 3.05) is 0 Å². The molecule has 0 radical (unpaired) electrons. The van der Waals surface area contributed by atoms with Crippen molar-refractivity contribution in [3.8, 4) is 0 Å². The van der Waals surface area contributed by atoms with Gasteiger partial charge in [0.15, 0.2) is 0 Å². The molecule has 1 unspecified atom stereocenters. The molecule has 0 bridgehead atoms. The van der Waals surface area contributed by atoms with E-state index in [1.54, 1.807) is 6.92 Å². The molecule has 0 amide bonds. The molecule has 0 saturated heterocycles. The lowest BCUT2D eigenvalue weighted by atomic mass is 9.87. The van der Waals surface area contributed by atoms with Crippen molar-refractivity contribution < 1.29 is 13.9 Å². The second-order valence-electron chi connectivity index (χ2n) is 5.65. The Balaban J connectivity index is 2.44. The highest BCUT2D eigenvalue weighted by molar-refractivity contribution is 9.10. The van der Waals surface area contributed by atoms with Gasteiger partial charge >= 0.3 is 0 Å². The first-order valence-corrected chi connectivity index (χ1v) is 7.43. The summed E-state index contributed by atoms with van der Waals surface area (Å²) < 4.78 is 28.1. The molecule has 1 nitrogen and oxygen atoms in total. The van der Waals surface area contributed by atoms with Crippen molar-refractivity contribution in [2.24, 2.45) is 0 Å². The summed E-state index contributed by atoms with van der Waals surface area (Å²) in [6.45, 7) is 5.42. The van der Waals surface area contributed by atoms with Crippen LogP contribution in [0.2, 0.25) is 0 Å². The summed E-state index contributed by atoms with van der Waals surface area (Å²) in [5.41, 5.74) is 1.19. The van der Waals surface area contributed by atoms with Crippen LogP contribution in [0.25, 0.3) is 0 Å². The van der Waals surface area contributed by atoms with E-state index in [9.17, 15) is 13.9 Å². The highest BCUT2D eigenvalue weighted by Crippen LogP contribution is 2.31. The van der Waals surface area contributed by atoms with Crippen LogP contribution in [0.5, 0.6) is 0 Å². The van der Waals surface area contributed by atoms with Crippen LogP contribution < -0.4 is 0 Å². The molecular formula is C17H17BrF2O. The average Bonchev–Trinajstić information content (AvgIpc) is 2.38. The van der Waals surface area contributed by atoms with Gasteiger partial charge in [0.05, 0.1) is 10.1 Å². The molecule has 112 valence electrons. The second-order valence-corrected chi connectivity index (χ2v) is 6.50. The predicted molar refractivity (Wildman–Crippen MR) is 83.2 cm³/mol. The molecule has 2 rings (SSSR count). The highest BCUT2D eigenvalue weighted by Gasteiger charge is 2.28. The maximum atomic E-state index is 14.1. The fourth-order valence-corrected chi connectivity index (χ4v) is 2.83. The summed E-state index contributed by atoms with van der Waals surface area (Å²) in [7, 11) is 0. The van der Waals surface area contributed by atoms with Crippen molar-refractivity contribution in [3.05, 3.63) is 68.7 Å². The van der Waals surface area contributed by atoms with E-state index in [2.05, 4.69) is 15.9 Å². The van der Waals surface area contributed by atoms with E-state index in [1.807, 2.05) is 32.0 Å². The van der Waals surface area contributed by atoms with Crippen molar-refractivity contribution >= 4 is 15.9 Å². The minimum absolute atomic E-state index is 0.117. The molecule has 0 saturated carbocycles. The van der Waals surface area contributed by atoms with E-state index < -0.39 is 17.2 Å². The van der Waals surface area contributed by atoms with Gasteiger partial charge in [-0.3, -0.25) is 0 Å². The normalized spacial score (nSPS) is 14.0. The predicted octanol–water partition coefficient (Wildman–Crippen LogP) is 4.79. The van der Waals surface area contributed by atoms with Gasteiger partial charge in [0, 0.05) is 12.0 Å². The first kappa shape index (κ1) is 16.1. The van der Waals surface area contributed by atoms with Crippen LogP contribution in [0.15, 0.2) is 34.8 Å². The van der Waals surface area contributed by atoms with E-state index in [4.69, 9.17) is 0 Å². The Labute approximate surface area is 131 Å². The molecule has 2 aromatic rings. The van der Waals surface area contributed by atoms with Gasteiger partial charge in [-0.15, -0.1) is 0 Å². The number of hydrogen-bond acceptors (Lipinski definition) is 1. The number of aryl methyl sites for hydroxylation is 2. The van der Waals surface area contributed by atoms with E-state index in [0.29, 0.717) is 5.56 Å². The molecule has 21 heavy (non-hydrogen) atoms. The fraction of sp³-hybridized carbons (Fsp3) is 0.294. The lowest BCUT2D eigenvalue weighted by Crippen LogP contribution is -2.26. The van der Waals surface area contributed by atoms with Gasteiger partial charge in [0.1, 0.15) is 11.6 Å². The quantitative estimate of drug-likeness (QED) is 0.785. The third-order valence-corrected chi connectivity index (χ3v) is 4.12. The number of hydrogen-bond donors (Lipinski definition) is 1. The van der Waals surface area contributed by atoms with E-state index >= 15 is 0 Å². The Morgan fingerprint density at radius 1 is 1.10 bits per heavy atom. The lowest BCUT2D eigenvalue weighted by Gasteiger charge is -2.25. The Kier molecular flexibility index (Phi) is 4.49. The van der Waals surface area contributed by atoms with Crippen LogP contribution in [0.3, 0.4) is 0 Å². The van der Waals surface area contributed by atoms with Crippen molar-refractivity contribution in [3.63, 3.8) is 0 Å². The van der Waals surface area contributed by atoms with Crippen LogP contribution in [-0.2, 0) is 12.0 Å². The van der Waals surface area contributed by atoms with Gasteiger partial charge in [0.25, 0.3) is 0 Å². The standard InChI is InChI=1S/C17H17BrF2O/c1-10-6-11(2)8-12(7-10)17(3,21)9-13-15(19)5-4-14(18)16(13)20/h4-8,21H,9H2,1-3H3. The molecule has 0 heterocycles. The minimum atomic E-state index is -1.35. The Morgan fingerprint density at radius 3 is 2.24 bits per heavy atom. The second kappa shape index (κ2) is 5.85. The summed E-state index contributed by atoms with van der Waals surface area (Å²) >= 11 is 3.04. The molecule has 0 aromatic heterocycles. The third-order valence-electron chi connectivity index (χ3n) is 3.50. The summed E-state index contributed by atoms with van der Waals surface area (Å²) in [5, 5.41) is 10.7. The first-order chi connectivity index (χ1) is 9.70. The topological polar surface area (TPSA) is 20.2 Å².